The summed E-state index contributed by atoms with van der Waals surface area (Å²) in [7, 11) is 0. The molecule has 0 amide bonds. The summed E-state index contributed by atoms with van der Waals surface area (Å²) in [6, 6.07) is 8.10. The normalized spacial score (nSPS) is 22.4. The number of aliphatic hydroxyl groups is 1. The molecule has 1 aliphatic rings. The van der Waals surface area contributed by atoms with Crippen molar-refractivity contribution in [3.8, 4) is 0 Å². The van der Waals surface area contributed by atoms with Gasteiger partial charge < -0.3 is 5.11 Å². The smallest absolute Gasteiger partial charge is 0.134 e. The Hall–Kier alpha value is -0.860. The van der Waals surface area contributed by atoms with Crippen LogP contribution in [-0.4, -0.2) is 15.5 Å². The molecule has 0 saturated carbocycles. The van der Waals surface area contributed by atoms with E-state index in [1.54, 1.807) is 0 Å². The van der Waals surface area contributed by atoms with Gasteiger partial charge in [0.1, 0.15) is 6.23 Å². The number of fused-ring (bicyclic) bond motifs is 1. The Morgan fingerprint density at radius 3 is 2.50 bits per heavy atom. The highest BCUT2D eigenvalue weighted by Crippen LogP contribution is 2.36. The lowest BCUT2D eigenvalue weighted by Gasteiger charge is -2.34. The first kappa shape index (κ1) is 9.69. The predicted octanol–water partition coefficient (Wildman–Crippen LogP) is 2.29. The third-order valence-corrected chi connectivity index (χ3v) is 2.83. The van der Waals surface area contributed by atoms with Crippen LogP contribution in [0.25, 0.3) is 0 Å². The van der Waals surface area contributed by atoms with E-state index in [9.17, 15) is 5.11 Å². The molecule has 76 valence electrons. The topological polar surface area (TPSA) is 23.5 Å². The summed E-state index contributed by atoms with van der Waals surface area (Å²) in [5.41, 5.74) is 2.32. The maximum absolute atomic E-state index is 10.1. The zero-order valence-electron chi connectivity index (χ0n) is 8.99. The number of benzene rings is 1. The molecular formula is C12H17NO. The lowest BCUT2D eigenvalue weighted by molar-refractivity contribution is -0.0434. The van der Waals surface area contributed by atoms with Gasteiger partial charge in [0.25, 0.3) is 0 Å². The molecule has 1 N–H and O–H groups in total. The van der Waals surface area contributed by atoms with Gasteiger partial charge in [-0.3, -0.25) is 4.90 Å². The second-order valence-electron chi connectivity index (χ2n) is 4.87. The first-order chi connectivity index (χ1) is 6.50. The van der Waals surface area contributed by atoms with Crippen LogP contribution in [0.15, 0.2) is 24.3 Å². The first-order valence-electron chi connectivity index (χ1n) is 5.03. The molecule has 1 unspecified atom stereocenters. The second kappa shape index (κ2) is 3.07. The fourth-order valence-corrected chi connectivity index (χ4v) is 1.97. The zero-order valence-corrected chi connectivity index (χ0v) is 8.99. The predicted molar refractivity (Wildman–Crippen MR) is 56.7 cm³/mol. The highest BCUT2D eigenvalue weighted by Gasteiger charge is 2.34. The van der Waals surface area contributed by atoms with E-state index in [4.69, 9.17) is 0 Å². The van der Waals surface area contributed by atoms with E-state index in [-0.39, 0.29) is 5.54 Å². The Bertz CT molecular complexity index is 340. The van der Waals surface area contributed by atoms with E-state index in [0.29, 0.717) is 0 Å². The summed E-state index contributed by atoms with van der Waals surface area (Å²) in [6.07, 6.45) is -0.439. The number of nitrogens with zero attached hydrogens (tertiary/aromatic N) is 1. The van der Waals surface area contributed by atoms with Gasteiger partial charge in [-0.2, -0.15) is 0 Å². The molecule has 2 nitrogen and oxygen atoms in total. The Morgan fingerprint density at radius 2 is 1.93 bits per heavy atom. The van der Waals surface area contributed by atoms with Gasteiger partial charge in [0.15, 0.2) is 0 Å². The molecule has 0 aliphatic carbocycles. The van der Waals surface area contributed by atoms with Crippen LogP contribution in [0.1, 0.15) is 38.1 Å². The van der Waals surface area contributed by atoms with Crippen molar-refractivity contribution >= 4 is 0 Å². The number of aliphatic hydroxyl groups excluding tert-OH is 1. The number of hydrogen-bond donors (Lipinski definition) is 1. The molecule has 0 fully saturated rings. The second-order valence-corrected chi connectivity index (χ2v) is 4.87. The Labute approximate surface area is 85.2 Å². The standard InChI is InChI=1S/C12H17NO/c1-12(2,3)13-8-9-6-4-5-7-10(9)11(13)14/h4-7,11,14H,8H2,1-3H3. The molecule has 0 radical (unpaired) electrons. The SMILES string of the molecule is CC(C)(C)N1Cc2ccccc2C1O. The molecule has 1 aliphatic heterocycles. The summed E-state index contributed by atoms with van der Waals surface area (Å²) in [5.74, 6) is 0. The fourth-order valence-electron chi connectivity index (χ4n) is 1.97. The van der Waals surface area contributed by atoms with Crippen LogP contribution in [0.5, 0.6) is 0 Å². The summed E-state index contributed by atoms with van der Waals surface area (Å²) in [5, 5.41) is 10.1. The largest absolute Gasteiger partial charge is 0.374 e. The van der Waals surface area contributed by atoms with Gasteiger partial charge in [0.2, 0.25) is 0 Å². The quantitative estimate of drug-likeness (QED) is 0.680. The van der Waals surface area contributed by atoms with E-state index in [2.05, 4.69) is 31.7 Å². The summed E-state index contributed by atoms with van der Waals surface area (Å²) in [4.78, 5) is 2.11. The molecule has 1 aromatic carbocycles. The van der Waals surface area contributed by atoms with Crippen LogP contribution >= 0.6 is 0 Å². The van der Waals surface area contributed by atoms with Crippen molar-refractivity contribution < 1.29 is 5.11 Å². The zero-order chi connectivity index (χ0) is 10.3. The van der Waals surface area contributed by atoms with Crippen molar-refractivity contribution in [3.63, 3.8) is 0 Å². The molecule has 2 heteroatoms. The van der Waals surface area contributed by atoms with Crippen LogP contribution in [0.2, 0.25) is 0 Å². The van der Waals surface area contributed by atoms with Gasteiger partial charge in [-0.1, -0.05) is 24.3 Å². The molecule has 0 aromatic heterocycles. The van der Waals surface area contributed by atoms with Crippen LogP contribution in [0.3, 0.4) is 0 Å². The highest BCUT2D eigenvalue weighted by atomic mass is 16.3. The van der Waals surface area contributed by atoms with Crippen molar-refractivity contribution in [3.05, 3.63) is 35.4 Å². The molecule has 0 bridgehead atoms. The highest BCUT2D eigenvalue weighted by molar-refractivity contribution is 5.32. The molecule has 1 heterocycles. The monoisotopic (exact) mass is 191 g/mol. The van der Waals surface area contributed by atoms with Crippen LogP contribution in [-0.2, 0) is 6.54 Å². The number of rotatable bonds is 0. The van der Waals surface area contributed by atoms with Gasteiger partial charge in [-0.15, -0.1) is 0 Å². The van der Waals surface area contributed by atoms with Crippen molar-refractivity contribution in [2.75, 3.05) is 0 Å². The molecular weight excluding hydrogens is 174 g/mol. The Balaban J connectivity index is 2.35. The molecule has 0 saturated heterocycles. The molecule has 1 aromatic rings. The minimum atomic E-state index is -0.439. The Kier molecular flexibility index (Phi) is 2.13. The fraction of sp³-hybridized carbons (Fsp3) is 0.500. The van der Waals surface area contributed by atoms with Crippen molar-refractivity contribution in [2.24, 2.45) is 0 Å². The summed E-state index contributed by atoms with van der Waals surface area (Å²) >= 11 is 0. The van der Waals surface area contributed by atoms with Crippen molar-refractivity contribution in [2.45, 2.75) is 39.1 Å². The minimum absolute atomic E-state index is 0.0123. The average Bonchev–Trinajstić information content (AvgIpc) is 2.44. The van der Waals surface area contributed by atoms with Gasteiger partial charge in [0, 0.05) is 12.1 Å². The maximum atomic E-state index is 10.1. The minimum Gasteiger partial charge on any atom is -0.374 e. The maximum Gasteiger partial charge on any atom is 0.134 e. The third kappa shape index (κ3) is 1.45. The van der Waals surface area contributed by atoms with Gasteiger partial charge in [0.05, 0.1) is 0 Å². The molecule has 0 spiro atoms. The van der Waals surface area contributed by atoms with Crippen LogP contribution in [0.4, 0.5) is 0 Å². The Morgan fingerprint density at radius 1 is 1.29 bits per heavy atom. The van der Waals surface area contributed by atoms with E-state index >= 15 is 0 Å². The first-order valence-corrected chi connectivity index (χ1v) is 5.03. The van der Waals surface area contributed by atoms with E-state index in [0.717, 1.165) is 12.1 Å². The number of hydrogen-bond acceptors (Lipinski definition) is 2. The average molecular weight is 191 g/mol. The summed E-state index contributed by atoms with van der Waals surface area (Å²) < 4.78 is 0. The van der Waals surface area contributed by atoms with Gasteiger partial charge in [-0.05, 0) is 31.9 Å². The molecule has 14 heavy (non-hydrogen) atoms. The van der Waals surface area contributed by atoms with Gasteiger partial charge >= 0.3 is 0 Å². The third-order valence-electron chi connectivity index (χ3n) is 2.83. The van der Waals surface area contributed by atoms with Crippen LogP contribution in [0, 0.1) is 0 Å². The van der Waals surface area contributed by atoms with Crippen molar-refractivity contribution in [1.82, 2.24) is 4.90 Å². The van der Waals surface area contributed by atoms with E-state index < -0.39 is 6.23 Å². The van der Waals surface area contributed by atoms with E-state index in [1.807, 2.05) is 18.2 Å². The van der Waals surface area contributed by atoms with Crippen molar-refractivity contribution in [1.29, 1.82) is 0 Å². The molecule has 1 atom stereocenters. The van der Waals surface area contributed by atoms with E-state index in [1.165, 1.54) is 5.56 Å². The lowest BCUT2D eigenvalue weighted by Crippen LogP contribution is -2.39. The lowest BCUT2D eigenvalue weighted by atomic mass is 10.1. The molecule has 2 rings (SSSR count). The summed E-state index contributed by atoms with van der Waals surface area (Å²) in [6.45, 7) is 7.23. The van der Waals surface area contributed by atoms with Crippen LogP contribution < -0.4 is 0 Å². The van der Waals surface area contributed by atoms with Gasteiger partial charge in [-0.25, -0.2) is 0 Å².